The third kappa shape index (κ3) is 4.03. The van der Waals surface area contributed by atoms with Gasteiger partial charge >= 0.3 is 6.36 Å². The lowest BCUT2D eigenvalue weighted by atomic mass is 10.1. The first-order chi connectivity index (χ1) is 8.94. The van der Waals surface area contributed by atoms with Crippen LogP contribution in [0.15, 0.2) is 47.1 Å². The Bertz CT molecular complexity index is 520. The molecule has 0 bridgehead atoms. The summed E-state index contributed by atoms with van der Waals surface area (Å²) >= 11 is 0. The fourth-order valence-corrected chi connectivity index (χ4v) is 1.66. The zero-order chi connectivity index (χ0) is 13.9. The predicted molar refractivity (Wildman–Crippen MR) is 60.5 cm³/mol. The Morgan fingerprint density at radius 1 is 1.21 bits per heavy atom. The highest BCUT2D eigenvalue weighted by Crippen LogP contribution is 2.26. The monoisotopic (exact) mass is 272 g/mol. The van der Waals surface area contributed by atoms with E-state index in [1.54, 1.807) is 12.1 Å². The number of rotatable bonds is 4. The molecule has 0 amide bonds. The van der Waals surface area contributed by atoms with Crippen LogP contribution in [-0.4, -0.2) is 11.5 Å². The van der Waals surface area contributed by atoms with Gasteiger partial charge < -0.3 is 14.3 Å². The van der Waals surface area contributed by atoms with Crippen molar-refractivity contribution in [1.29, 1.82) is 0 Å². The van der Waals surface area contributed by atoms with Crippen molar-refractivity contribution in [3.8, 4) is 5.75 Å². The van der Waals surface area contributed by atoms with Gasteiger partial charge in [-0.2, -0.15) is 0 Å². The summed E-state index contributed by atoms with van der Waals surface area (Å²) in [7, 11) is 0. The third-order valence-corrected chi connectivity index (χ3v) is 2.45. The van der Waals surface area contributed by atoms with E-state index in [4.69, 9.17) is 4.42 Å². The first-order valence-electron chi connectivity index (χ1n) is 5.50. The molecule has 0 aliphatic carbocycles. The van der Waals surface area contributed by atoms with Crippen molar-refractivity contribution in [2.24, 2.45) is 0 Å². The van der Waals surface area contributed by atoms with E-state index in [2.05, 4.69) is 4.74 Å². The van der Waals surface area contributed by atoms with Crippen LogP contribution in [0.1, 0.15) is 17.4 Å². The summed E-state index contributed by atoms with van der Waals surface area (Å²) in [5, 5.41) is 9.92. The molecular formula is C13H11F3O3. The second-order valence-electron chi connectivity index (χ2n) is 3.92. The lowest BCUT2D eigenvalue weighted by Crippen LogP contribution is -2.17. The molecule has 3 nitrogen and oxygen atoms in total. The van der Waals surface area contributed by atoms with Crippen molar-refractivity contribution in [2.45, 2.75) is 18.9 Å². The summed E-state index contributed by atoms with van der Waals surface area (Å²) in [6.07, 6.45) is -4.05. The summed E-state index contributed by atoms with van der Waals surface area (Å²) in [4.78, 5) is 0. The van der Waals surface area contributed by atoms with Crippen molar-refractivity contribution >= 4 is 0 Å². The van der Waals surface area contributed by atoms with Gasteiger partial charge in [0.1, 0.15) is 11.5 Å². The van der Waals surface area contributed by atoms with Crippen molar-refractivity contribution in [3.63, 3.8) is 0 Å². The normalized spacial score (nSPS) is 13.3. The Balaban J connectivity index is 2.09. The van der Waals surface area contributed by atoms with Gasteiger partial charge in [-0.25, -0.2) is 0 Å². The van der Waals surface area contributed by atoms with Gasteiger partial charge in [0.15, 0.2) is 0 Å². The molecule has 1 aromatic carbocycles. The van der Waals surface area contributed by atoms with Crippen LogP contribution in [0, 0.1) is 0 Å². The Kier molecular flexibility index (Phi) is 3.80. The number of hydrogen-bond donors (Lipinski definition) is 1. The van der Waals surface area contributed by atoms with Crippen molar-refractivity contribution in [3.05, 3.63) is 54.0 Å². The molecule has 102 valence electrons. The zero-order valence-electron chi connectivity index (χ0n) is 9.72. The minimum absolute atomic E-state index is 0.183. The van der Waals surface area contributed by atoms with Gasteiger partial charge in [-0.1, -0.05) is 12.1 Å². The van der Waals surface area contributed by atoms with Crippen LogP contribution in [0.2, 0.25) is 0 Å². The fraction of sp³-hybridized carbons (Fsp3) is 0.231. The molecule has 1 heterocycles. The van der Waals surface area contributed by atoms with Crippen LogP contribution >= 0.6 is 0 Å². The van der Waals surface area contributed by atoms with Crippen LogP contribution < -0.4 is 4.74 Å². The number of alkyl halides is 3. The Morgan fingerprint density at radius 3 is 2.63 bits per heavy atom. The highest BCUT2D eigenvalue weighted by atomic mass is 19.4. The van der Waals surface area contributed by atoms with E-state index in [1.807, 2.05) is 0 Å². The van der Waals surface area contributed by atoms with E-state index in [0.29, 0.717) is 11.3 Å². The van der Waals surface area contributed by atoms with Gasteiger partial charge in [-0.05, 0) is 29.8 Å². The largest absolute Gasteiger partial charge is 0.573 e. The average molecular weight is 272 g/mol. The summed E-state index contributed by atoms with van der Waals surface area (Å²) in [5.41, 5.74) is 0.332. The van der Waals surface area contributed by atoms with E-state index in [1.165, 1.54) is 24.5 Å². The van der Waals surface area contributed by atoms with Gasteiger partial charge in [-0.3, -0.25) is 0 Å². The molecule has 2 rings (SSSR count). The second-order valence-corrected chi connectivity index (χ2v) is 3.92. The number of ether oxygens (including phenoxy) is 1. The van der Waals surface area contributed by atoms with E-state index >= 15 is 0 Å². The molecule has 0 aliphatic rings. The minimum Gasteiger partial charge on any atom is -0.469 e. The van der Waals surface area contributed by atoms with Crippen LogP contribution in [0.5, 0.6) is 5.75 Å². The number of halogens is 3. The second kappa shape index (κ2) is 5.36. The predicted octanol–water partition coefficient (Wildman–Crippen LogP) is 3.45. The zero-order valence-corrected chi connectivity index (χ0v) is 9.72. The third-order valence-electron chi connectivity index (χ3n) is 2.45. The molecule has 0 saturated carbocycles. The molecule has 1 aromatic heterocycles. The lowest BCUT2D eigenvalue weighted by Gasteiger charge is -2.13. The molecule has 19 heavy (non-hydrogen) atoms. The average Bonchev–Trinajstić information content (AvgIpc) is 2.80. The molecule has 0 saturated heterocycles. The van der Waals surface area contributed by atoms with Crippen molar-refractivity contribution < 1.29 is 27.4 Å². The number of hydrogen-bond acceptors (Lipinski definition) is 3. The molecule has 0 radical (unpaired) electrons. The maximum atomic E-state index is 12.1. The van der Waals surface area contributed by atoms with Crippen molar-refractivity contribution in [2.75, 3.05) is 0 Å². The minimum atomic E-state index is -4.75. The molecule has 0 spiro atoms. The van der Waals surface area contributed by atoms with E-state index in [9.17, 15) is 18.3 Å². The Morgan fingerprint density at radius 2 is 2.00 bits per heavy atom. The molecule has 1 atom stereocenters. The highest BCUT2D eigenvalue weighted by Gasteiger charge is 2.31. The highest BCUT2D eigenvalue weighted by molar-refractivity contribution is 5.30. The lowest BCUT2D eigenvalue weighted by molar-refractivity contribution is -0.274. The van der Waals surface area contributed by atoms with E-state index in [-0.39, 0.29) is 12.2 Å². The fourth-order valence-electron chi connectivity index (χ4n) is 1.66. The Labute approximate surface area is 107 Å². The first kappa shape index (κ1) is 13.5. The van der Waals surface area contributed by atoms with Crippen LogP contribution in [-0.2, 0) is 6.42 Å². The molecular weight excluding hydrogens is 261 g/mol. The van der Waals surface area contributed by atoms with Crippen LogP contribution in [0.4, 0.5) is 13.2 Å². The maximum Gasteiger partial charge on any atom is 0.573 e. The summed E-state index contributed by atoms with van der Waals surface area (Å²) < 4.78 is 45.1. The number of furan rings is 1. The summed E-state index contributed by atoms with van der Waals surface area (Å²) in [5.74, 6) is 0.193. The van der Waals surface area contributed by atoms with Gasteiger partial charge in [0.05, 0.1) is 12.4 Å². The van der Waals surface area contributed by atoms with E-state index < -0.39 is 12.5 Å². The molecule has 0 fully saturated rings. The molecule has 1 unspecified atom stereocenters. The first-order valence-corrected chi connectivity index (χ1v) is 5.50. The van der Waals surface area contributed by atoms with Gasteiger partial charge in [0.2, 0.25) is 0 Å². The number of benzene rings is 1. The smallest absolute Gasteiger partial charge is 0.469 e. The maximum absolute atomic E-state index is 12.1. The summed E-state index contributed by atoms with van der Waals surface area (Å²) in [6, 6.07) is 8.60. The van der Waals surface area contributed by atoms with Crippen molar-refractivity contribution in [1.82, 2.24) is 0 Å². The Hall–Kier alpha value is -1.95. The molecule has 1 N–H and O–H groups in total. The van der Waals surface area contributed by atoms with Crippen LogP contribution in [0.25, 0.3) is 0 Å². The molecule has 6 heteroatoms. The summed E-state index contributed by atoms with van der Waals surface area (Å²) in [6.45, 7) is 0. The quantitative estimate of drug-likeness (QED) is 0.926. The molecule has 2 aromatic rings. The standard InChI is InChI=1S/C13H11F3O3/c14-13(15,16)19-11-4-1-3-9(7-11)12(17)8-10-5-2-6-18-10/h1-7,12,17H,8H2. The van der Waals surface area contributed by atoms with E-state index in [0.717, 1.165) is 6.07 Å². The van der Waals surface area contributed by atoms with Gasteiger partial charge in [-0.15, -0.1) is 13.2 Å². The molecule has 0 aliphatic heterocycles. The topological polar surface area (TPSA) is 42.6 Å². The number of aliphatic hydroxyl groups is 1. The number of aliphatic hydroxyl groups excluding tert-OH is 1. The SMILES string of the molecule is OC(Cc1ccco1)c1cccc(OC(F)(F)F)c1. The van der Waals surface area contributed by atoms with Gasteiger partial charge in [0.25, 0.3) is 0 Å². The van der Waals surface area contributed by atoms with Crippen LogP contribution in [0.3, 0.4) is 0 Å². The van der Waals surface area contributed by atoms with Gasteiger partial charge in [0, 0.05) is 6.42 Å².